The van der Waals surface area contributed by atoms with Crippen molar-refractivity contribution in [1.82, 2.24) is 9.29 Å². The van der Waals surface area contributed by atoms with Gasteiger partial charge in [0.05, 0.1) is 5.51 Å². The molecule has 0 bridgehead atoms. The largest absolute Gasteiger partial charge is 0.476 e. The molecule has 1 aromatic heterocycles. The Balaban J connectivity index is 2.42. The van der Waals surface area contributed by atoms with Gasteiger partial charge >= 0.3 is 5.97 Å². The number of aromatic nitrogens is 1. The van der Waals surface area contributed by atoms with E-state index in [2.05, 4.69) is 4.98 Å². The molecule has 1 fully saturated rings. The number of carboxylic acid groups (broad SMARTS) is 1. The number of aromatic carboxylic acids is 1. The number of carbonyl (C=O) groups is 1. The SMILES string of the molecule is CC1CCCN(S(=O)(=O)c2scnc2C(=O)O)C1C. The van der Waals surface area contributed by atoms with E-state index in [0.717, 1.165) is 24.2 Å². The first-order valence-corrected chi connectivity index (χ1v) is 8.36. The minimum Gasteiger partial charge on any atom is -0.476 e. The smallest absolute Gasteiger partial charge is 0.356 e. The summed E-state index contributed by atoms with van der Waals surface area (Å²) in [6.45, 7) is 4.31. The maximum absolute atomic E-state index is 12.6. The van der Waals surface area contributed by atoms with Crippen LogP contribution in [0.1, 0.15) is 37.2 Å². The molecule has 0 radical (unpaired) electrons. The minimum absolute atomic E-state index is 0.123. The molecule has 2 rings (SSSR count). The summed E-state index contributed by atoms with van der Waals surface area (Å²) in [4.78, 5) is 14.7. The van der Waals surface area contributed by atoms with Gasteiger partial charge in [-0.3, -0.25) is 0 Å². The van der Waals surface area contributed by atoms with Crippen molar-refractivity contribution in [3.05, 3.63) is 11.2 Å². The predicted octanol–water partition coefficient (Wildman–Crippen LogP) is 1.65. The highest BCUT2D eigenvalue weighted by Gasteiger charge is 2.37. The Morgan fingerprint density at radius 3 is 2.84 bits per heavy atom. The van der Waals surface area contributed by atoms with Gasteiger partial charge in [0.1, 0.15) is 0 Å². The molecule has 1 saturated heterocycles. The first-order chi connectivity index (χ1) is 8.85. The number of nitrogens with zero attached hydrogens (tertiary/aromatic N) is 2. The average Bonchev–Trinajstić information content (AvgIpc) is 2.82. The Morgan fingerprint density at radius 1 is 1.53 bits per heavy atom. The zero-order valence-electron chi connectivity index (χ0n) is 10.7. The van der Waals surface area contributed by atoms with Crippen LogP contribution in [0.2, 0.25) is 0 Å². The second-order valence-corrected chi connectivity index (χ2v) is 7.71. The molecule has 6 nitrogen and oxygen atoms in total. The Labute approximate surface area is 116 Å². The van der Waals surface area contributed by atoms with Crippen LogP contribution >= 0.6 is 11.3 Å². The highest BCUT2D eigenvalue weighted by molar-refractivity contribution is 7.91. The summed E-state index contributed by atoms with van der Waals surface area (Å²) >= 11 is 0.860. The molecule has 2 unspecified atom stereocenters. The molecule has 0 aromatic carbocycles. The summed E-state index contributed by atoms with van der Waals surface area (Å²) in [5.74, 6) is -1.04. The maximum atomic E-state index is 12.6. The molecule has 0 saturated carbocycles. The quantitative estimate of drug-likeness (QED) is 0.917. The van der Waals surface area contributed by atoms with Gasteiger partial charge in [-0.05, 0) is 25.7 Å². The van der Waals surface area contributed by atoms with E-state index in [-0.39, 0.29) is 21.9 Å². The van der Waals surface area contributed by atoms with Crippen molar-refractivity contribution in [3.63, 3.8) is 0 Å². The lowest BCUT2D eigenvalue weighted by Crippen LogP contribution is -2.45. The fourth-order valence-electron chi connectivity index (χ4n) is 2.30. The van der Waals surface area contributed by atoms with Crippen molar-refractivity contribution in [2.45, 2.75) is 36.9 Å². The first kappa shape index (κ1) is 14.4. The zero-order chi connectivity index (χ0) is 14.2. The standard InChI is InChI=1S/C11H16N2O4S2/c1-7-4-3-5-13(8(7)2)19(16,17)11-9(10(14)15)12-6-18-11/h6-8H,3-5H2,1-2H3,(H,14,15). The summed E-state index contributed by atoms with van der Waals surface area (Å²) in [5.41, 5.74) is 0.879. The van der Waals surface area contributed by atoms with Crippen molar-refractivity contribution < 1.29 is 18.3 Å². The number of rotatable bonds is 3. The Kier molecular flexibility index (Phi) is 3.93. The molecule has 1 aromatic rings. The molecular weight excluding hydrogens is 288 g/mol. The van der Waals surface area contributed by atoms with Crippen LogP contribution in [0.3, 0.4) is 0 Å². The van der Waals surface area contributed by atoms with Crippen molar-refractivity contribution >= 4 is 27.3 Å². The number of carboxylic acids is 1. The van der Waals surface area contributed by atoms with Crippen LogP contribution in [0.25, 0.3) is 0 Å². The molecule has 2 atom stereocenters. The molecule has 2 heterocycles. The van der Waals surface area contributed by atoms with E-state index in [1.807, 2.05) is 13.8 Å². The number of thiazole rings is 1. The summed E-state index contributed by atoms with van der Waals surface area (Å²) in [6.07, 6.45) is 1.79. The van der Waals surface area contributed by atoms with Gasteiger partial charge in [0.25, 0.3) is 10.0 Å². The summed E-state index contributed by atoms with van der Waals surface area (Å²) in [7, 11) is -3.77. The van der Waals surface area contributed by atoms with Gasteiger partial charge < -0.3 is 5.11 Å². The van der Waals surface area contributed by atoms with Crippen LogP contribution in [0.4, 0.5) is 0 Å². The third-order valence-corrected chi connectivity index (χ3v) is 6.93. The number of hydrogen-bond donors (Lipinski definition) is 1. The van der Waals surface area contributed by atoms with Gasteiger partial charge in [0.2, 0.25) is 0 Å². The second kappa shape index (κ2) is 5.18. The first-order valence-electron chi connectivity index (χ1n) is 6.04. The highest BCUT2D eigenvalue weighted by atomic mass is 32.2. The molecule has 0 amide bonds. The van der Waals surface area contributed by atoms with E-state index in [9.17, 15) is 13.2 Å². The van der Waals surface area contributed by atoms with E-state index in [4.69, 9.17) is 5.11 Å². The normalized spacial score (nSPS) is 25.4. The Bertz CT molecular complexity index is 581. The maximum Gasteiger partial charge on any atom is 0.356 e. The van der Waals surface area contributed by atoms with E-state index in [1.54, 1.807) is 0 Å². The molecule has 0 aliphatic carbocycles. The average molecular weight is 304 g/mol. The molecule has 106 valence electrons. The lowest BCUT2D eigenvalue weighted by Gasteiger charge is -2.36. The number of hydrogen-bond acceptors (Lipinski definition) is 5. The molecule has 8 heteroatoms. The molecular formula is C11H16N2O4S2. The van der Waals surface area contributed by atoms with Gasteiger partial charge in [-0.15, -0.1) is 11.3 Å². The predicted molar refractivity (Wildman–Crippen MR) is 70.8 cm³/mol. The zero-order valence-corrected chi connectivity index (χ0v) is 12.4. The second-order valence-electron chi connectivity index (χ2n) is 4.77. The molecule has 1 N–H and O–H groups in total. The van der Waals surface area contributed by atoms with E-state index in [1.165, 1.54) is 9.82 Å². The Hall–Kier alpha value is -0.990. The van der Waals surface area contributed by atoms with Crippen LogP contribution in [-0.4, -0.2) is 41.4 Å². The van der Waals surface area contributed by atoms with Crippen LogP contribution < -0.4 is 0 Å². The fraction of sp³-hybridized carbons (Fsp3) is 0.636. The molecule has 19 heavy (non-hydrogen) atoms. The van der Waals surface area contributed by atoms with Crippen LogP contribution in [0, 0.1) is 5.92 Å². The lowest BCUT2D eigenvalue weighted by molar-refractivity contribution is 0.0687. The molecule has 1 aliphatic rings. The summed E-state index contributed by atoms with van der Waals surface area (Å²) in [6, 6.07) is -0.123. The van der Waals surface area contributed by atoms with Crippen molar-refractivity contribution in [1.29, 1.82) is 0 Å². The van der Waals surface area contributed by atoms with Gasteiger partial charge in [-0.2, -0.15) is 4.31 Å². The lowest BCUT2D eigenvalue weighted by atomic mass is 9.94. The van der Waals surface area contributed by atoms with Gasteiger partial charge in [0.15, 0.2) is 9.90 Å². The van der Waals surface area contributed by atoms with E-state index in [0.29, 0.717) is 6.54 Å². The van der Waals surface area contributed by atoms with Crippen LogP contribution in [0.15, 0.2) is 9.72 Å². The minimum atomic E-state index is -3.77. The van der Waals surface area contributed by atoms with Gasteiger partial charge in [0, 0.05) is 12.6 Å². The summed E-state index contributed by atoms with van der Waals surface area (Å²) in [5, 5.41) is 9.00. The highest BCUT2D eigenvalue weighted by Crippen LogP contribution is 2.31. The van der Waals surface area contributed by atoms with E-state index >= 15 is 0 Å². The Morgan fingerprint density at radius 2 is 2.21 bits per heavy atom. The molecule has 0 spiro atoms. The molecule has 1 aliphatic heterocycles. The third kappa shape index (κ3) is 2.52. The van der Waals surface area contributed by atoms with Crippen molar-refractivity contribution in [2.24, 2.45) is 5.92 Å². The van der Waals surface area contributed by atoms with Crippen molar-refractivity contribution in [2.75, 3.05) is 6.54 Å². The topological polar surface area (TPSA) is 87.6 Å². The van der Waals surface area contributed by atoms with Gasteiger partial charge in [-0.25, -0.2) is 18.2 Å². The van der Waals surface area contributed by atoms with Crippen LogP contribution in [0.5, 0.6) is 0 Å². The third-order valence-electron chi connectivity index (χ3n) is 3.60. The monoisotopic (exact) mass is 304 g/mol. The summed E-state index contributed by atoms with van der Waals surface area (Å²) < 4.78 is 26.4. The fourth-order valence-corrected chi connectivity index (χ4v) is 5.32. The van der Waals surface area contributed by atoms with E-state index < -0.39 is 16.0 Å². The number of piperidine rings is 1. The van der Waals surface area contributed by atoms with Gasteiger partial charge in [-0.1, -0.05) is 6.92 Å². The number of sulfonamides is 1. The van der Waals surface area contributed by atoms with Crippen LogP contribution in [-0.2, 0) is 10.0 Å². The van der Waals surface area contributed by atoms with Crippen molar-refractivity contribution in [3.8, 4) is 0 Å².